The first kappa shape index (κ1) is 10.4. The third kappa shape index (κ3) is 1.63. The molecule has 0 bridgehead atoms. The Morgan fingerprint density at radius 2 is 1.94 bits per heavy atom. The van der Waals surface area contributed by atoms with E-state index in [9.17, 15) is 0 Å². The Bertz CT molecular complexity index is 761. The molecule has 17 heavy (non-hydrogen) atoms. The lowest BCUT2D eigenvalue weighted by Crippen LogP contribution is -1.89. The molecule has 2 aromatic carbocycles. The molecule has 0 N–H and O–H groups in total. The molecule has 3 heteroatoms. The van der Waals surface area contributed by atoms with Crippen molar-refractivity contribution in [3.05, 3.63) is 46.9 Å². The summed E-state index contributed by atoms with van der Waals surface area (Å²) < 4.78 is 6.45. The molecule has 0 unspecified atom stereocenters. The molecular weight excluding hydrogens is 230 g/mol. The second-order valence-corrected chi connectivity index (χ2v) is 4.32. The average Bonchev–Trinajstić information content (AvgIpc) is 2.38. The van der Waals surface area contributed by atoms with Gasteiger partial charge in [0.1, 0.15) is 10.2 Å². The fourth-order valence-electron chi connectivity index (χ4n) is 1.99. The molecule has 0 spiro atoms. The number of fused-ring (bicyclic) bond motifs is 3. The zero-order valence-corrected chi connectivity index (χ0v) is 10.3. The van der Waals surface area contributed by atoms with Crippen molar-refractivity contribution in [2.45, 2.75) is 13.3 Å². The minimum absolute atomic E-state index is 0.619. The lowest BCUT2D eigenvalue weighted by Gasteiger charge is -2.04. The summed E-state index contributed by atoms with van der Waals surface area (Å²) in [5.74, 6) is 0.693. The van der Waals surface area contributed by atoms with E-state index in [4.69, 9.17) is 16.6 Å². The van der Waals surface area contributed by atoms with Gasteiger partial charge < -0.3 is 4.42 Å². The Balaban J connectivity index is 2.56. The van der Waals surface area contributed by atoms with Crippen LogP contribution in [0.1, 0.15) is 12.8 Å². The predicted octanol–water partition coefficient (Wildman–Crippen LogP) is 4.27. The molecule has 0 aliphatic heterocycles. The van der Waals surface area contributed by atoms with E-state index in [1.807, 2.05) is 25.1 Å². The van der Waals surface area contributed by atoms with Crippen molar-refractivity contribution in [2.24, 2.45) is 0 Å². The first-order chi connectivity index (χ1) is 8.29. The van der Waals surface area contributed by atoms with Crippen LogP contribution < -0.4 is 0 Å². The average molecular weight is 241 g/mol. The minimum Gasteiger partial charge on any atom is -0.442 e. The molecule has 0 atom stereocenters. The number of hydrogen-bond acceptors (Lipinski definition) is 3. The summed E-state index contributed by atoms with van der Waals surface area (Å²) in [7, 11) is 0. The molecule has 2 nitrogen and oxygen atoms in total. The second kappa shape index (κ2) is 3.93. The molecule has 3 aromatic rings. The highest BCUT2D eigenvalue weighted by Gasteiger charge is 2.06. The van der Waals surface area contributed by atoms with Gasteiger partial charge in [0.2, 0.25) is 0 Å². The molecule has 0 radical (unpaired) electrons. The van der Waals surface area contributed by atoms with Gasteiger partial charge in [0.25, 0.3) is 0 Å². The second-order valence-electron chi connectivity index (χ2n) is 3.93. The van der Waals surface area contributed by atoms with E-state index < -0.39 is 0 Å². The van der Waals surface area contributed by atoms with Crippen LogP contribution in [-0.2, 0) is 6.42 Å². The van der Waals surface area contributed by atoms with Crippen LogP contribution in [0.25, 0.3) is 21.7 Å². The van der Waals surface area contributed by atoms with Gasteiger partial charge in [-0.3, -0.25) is 0 Å². The van der Waals surface area contributed by atoms with Crippen LogP contribution in [-0.4, -0.2) is 4.98 Å². The van der Waals surface area contributed by atoms with E-state index >= 15 is 0 Å². The topological polar surface area (TPSA) is 26.0 Å². The highest BCUT2D eigenvalue weighted by Crippen LogP contribution is 2.26. The van der Waals surface area contributed by atoms with Gasteiger partial charge in [-0.25, -0.2) is 4.98 Å². The van der Waals surface area contributed by atoms with E-state index in [2.05, 4.69) is 23.2 Å². The molecule has 0 saturated heterocycles. The predicted molar refractivity (Wildman–Crippen MR) is 71.7 cm³/mol. The summed E-state index contributed by atoms with van der Waals surface area (Å²) in [5, 5.41) is 3.16. The number of rotatable bonds is 1. The smallest absolute Gasteiger partial charge is 0.195 e. The summed E-state index contributed by atoms with van der Waals surface area (Å²) >= 11 is 5.30. The maximum absolute atomic E-state index is 5.83. The lowest BCUT2D eigenvalue weighted by atomic mass is 10.1. The number of benzene rings is 2. The van der Waals surface area contributed by atoms with Crippen molar-refractivity contribution in [2.75, 3.05) is 0 Å². The SMILES string of the molecule is CCc1nc(=S)c2ccc3ccccc3c2o1. The van der Waals surface area contributed by atoms with Crippen molar-refractivity contribution in [1.29, 1.82) is 0 Å². The lowest BCUT2D eigenvalue weighted by molar-refractivity contribution is 0.517. The normalized spacial score (nSPS) is 11.1. The van der Waals surface area contributed by atoms with Gasteiger partial charge in [0.15, 0.2) is 5.89 Å². The van der Waals surface area contributed by atoms with Crippen molar-refractivity contribution in [3.63, 3.8) is 0 Å². The Kier molecular flexibility index (Phi) is 2.41. The van der Waals surface area contributed by atoms with E-state index in [0.29, 0.717) is 10.5 Å². The van der Waals surface area contributed by atoms with Gasteiger partial charge in [-0.05, 0) is 11.5 Å². The van der Waals surface area contributed by atoms with Gasteiger partial charge >= 0.3 is 0 Å². The monoisotopic (exact) mass is 241 g/mol. The van der Waals surface area contributed by atoms with E-state index in [-0.39, 0.29) is 0 Å². The maximum atomic E-state index is 5.83. The Morgan fingerprint density at radius 1 is 1.12 bits per heavy atom. The van der Waals surface area contributed by atoms with Crippen molar-refractivity contribution in [3.8, 4) is 0 Å². The quantitative estimate of drug-likeness (QED) is 0.470. The first-order valence-electron chi connectivity index (χ1n) is 5.61. The molecule has 0 aliphatic carbocycles. The van der Waals surface area contributed by atoms with Crippen LogP contribution in [0.2, 0.25) is 0 Å². The first-order valence-corrected chi connectivity index (χ1v) is 6.02. The Labute approximate surface area is 104 Å². The Morgan fingerprint density at radius 3 is 2.76 bits per heavy atom. The van der Waals surface area contributed by atoms with E-state index in [1.165, 1.54) is 0 Å². The number of aromatic nitrogens is 1. The molecule has 84 valence electrons. The summed E-state index contributed by atoms with van der Waals surface area (Å²) in [5.41, 5.74) is 0.847. The van der Waals surface area contributed by atoms with Crippen molar-refractivity contribution >= 4 is 34.0 Å². The summed E-state index contributed by atoms with van der Waals surface area (Å²) in [4.78, 5) is 4.27. The van der Waals surface area contributed by atoms with Gasteiger partial charge in [-0.1, -0.05) is 49.5 Å². The minimum atomic E-state index is 0.619. The molecule has 1 aromatic heterocycles. The van der Waals surface area contributed by atoms with Crippen LogP contribution >= 0.6 is 12.2 Å². The fraction of sp³-hybridized carbons (Fsp3) is 0.143. The third-order valence-corrected chi connectivity index (χ3v) is 3.17. The third-order valence-electron chi connectivity index (χ3n) is 2.86. The van der Waals surface area contributed by atoms with Gasteiger partial charge in [0.05, 0.1) is 5.39 Å². The highest BCUT2D eigenvalue weighted by molar-refractivity contribution is 7.71. The molecule has 0 saturated carbocycles. The zero-order valence-electron chi connectivity index (χ0n) is 9.43. The van der Waals surface area contributed by atoms with Crippen LogP contribution in [0, 0.1) is 4.64 Å². The van der Waals surface area contributed by atoms with Crippen LogP contribution in [0.3, 0.4) is 0 Å². The molecule has 0 aliphatic rings. The van der Waals surface area contributed by atoms with E-state index in [1.54, 1.807) is 0 Å². The largest absolute Gasteiger partial charge is 0.442 e. The van der Waals surface area contributed by atoms with Crippen molar-refractivity contribution in [1.82, 2.24) is 4.98 Å². The van der Waals surface area contributed by atoms with E-state index in [0.717, 1.165) is 28.2 Å². The van der Waals surface area contributed by atoms with Crippen molar-refractivity contribution < 1.29 is 4.42 Å². The summed E-state index contributed by atoms with van der Waals surface area (Å²) in [6.07, 6.45) is 0.753. The molecule has 3 rings (SSSR count). The van der Waals surface area contributed by atoms with Crippen LogP contribution in [0.5, 0.6) is 0 Å². The van der Waals surface area contributed by atoms with Gasteiger partial charge in [-0.15, -0.1) is 0 Å². The maximum Gasteiger partial charge on any atom is 0.195 e. The zero-order chi connectivity index (χ0) is 11.8. The fourth-order valence-corrected chi connectivity index (χ4v) is 2.25. The van der Waals surface area contributed by atoms with Gasteiger partial charge in [-0.2, -0.15) is 0 Å². The molecule has 1 heterocycles. The number of hydrogen-bond donors (Lipinski definition) is 0. The number of nitrogens with zero attached hydrogens (tertiary/aromatic N) is 1. The standard InChI is InChI=1S/C14H11NOS/c1-2-12-15-14(17)11-8-7-9-5-3-4-6-10(9)13(11)16-12/h3-8H,2H2,1H3. The molecule has 0 fully saturated rings. The summed E-state index contributed by atoms with van der Waals surface area (Å²) in [6, 6.07) is 12.2. The van der Waals surface area contributed by atoms with Crippen LogP contribution in [0.15, 0.2) is 40.8 Å². The van der Waals surface area contributed by atoms with Gasteiger partial charge in [0, 0.05) is 11.8 Å². The highest BCUT2D eigenvalue weighted by atomic mass is 32.1. The number of aryl methyl sites for hydroxylation is 1. The Hall–Kier alpha value is -1.74. The molecular formula is C14H11NOS. The molecule has 0 amide bonds. The van der Waals surface area contributed by atoms with Crippen LogP contribution in [0.4, 0.5) is 0 Å². The summed E-state index contributed by atoms with van der Waals surface area (Å²) in [6.45, 7) is 2.01.